The first-order valence-electron chi connectivity index (χ1n) is 7.10. The molecule has 3 rings (SSSR count). The minimum absolute atomic E-state index is 0.140. The van der Waals surface area contributed by atoms with Crippen molar-refractivity contribution in [3.63, 3.8) is 0 Å². The zero-order valence-electron chi connectivity index (χ0n) is 12.2. The molecule has 2 aliphatic rings. The maximum absolute atomic E-state index is 12.7. The zero-order valence-corrected chi connectivity index (χ0v) is 13.0. The van der Waals surface area contributed by atoms with Crippen molar-refractivity contribution in [2.75, 3.05) is 26.3 Å². The van der Waals surface area contributed by atoms with Gasteiger partial charge in [-0.1, -0.05) is 6.07 Å². The topological polar surface area (TPSA) is 49.9 Å². The van der Waals surface area contributed by atoms with Crippen molar-refractivity contribution >= 4 is 28.7 Å². The summed E-state index contributed by atoms with van der Waals surface area (Å²) in [7, 11) is 0. The second kappa shape index (κ2) is 5.61. The molecule has 0 atom stereocenters. The fourth-order valence-corrected chi connectivity index (χ4v) is 3.49. The number of rotatable bonds is 3. The molecule has 1 aromatic rings. The average molecular weight is 306 g/mol. The molecule has 2 amide bonds. The third kappa shape index (κ3) is 2.38. The van der Waals surface area contributed by atoms with Crippen LogP contribution >= 0.6 is 11.3 Å². The Balaban J connectivity index is 2.07. The summed E-state index contributed by atoms with van der Waals surface area (Å²) in [5.41, 5.74) is 1.09. The molecule has 21 heavy (non-hydrogen) atoms. The SMILES string of the molecule is CC(C)N1C(=O)C(c2cccs2)=C(N2CCOCC2)C1=O. The van der Waals surface area contributed by atoms with Crippen LogP contribution in [-0.2, 0) is 14.3 Å². The molecule has 1 fully saturated rings. The van der Waals surface area contributed by atoms with Gasteiger partial charge in [-0.3, -0.25) is 14.5 Å². The van der Waals surface area contributed by atoms with Gasteiger partial charge >= 0.3 is 0 Å². The van der Waals surface area contributed by atoms with E-state index in [1.807, 2.05) is 36.3 Å². The largest absolute Gasteiger partial charge is 0.378 e. The van der Waals surface area contributed by atoms with Crippen molar-refractivity contribution in [1.82, 2.24) is 9.80 Å². The normalized spacial score (nSPS) is 20.1. The first kappa shape index (κ1) is 14.3. The number of imide groups is 1. The van der Waals surface area contributed by atoms with Crippen LogP contribution in [0.5, 0.6) is 0 Å². The smallest absolute Gasteiger partial charge is 0.278 e. The van der Waals surface area contributed by atoms with Crippen molar-refractivity contribution in [1.29, 1.82) is 0 Å². The molecule has 0 bridgehead atoms. The lowest BCUT2D eigenvalue weighted by Crippen LogP contribution is -2.42. The van der Waals surface area contributed by atoms with Gasteiger partial charge in [0.05, 0.1) is 18.8 Å². The van der Waals surface area contributed by atoms with E-state index in [0.717, 1.165) is 4.88 Å². The summed E-state index contributed by atoms with van der Waals surface area (Å²) < 4.78 is 5.35. The third-order valence-corrected chi connectivity index (χ3v) is 4.59. The summed E-state index contributed by atoms with van der Waals surface area (Å²) >= 11 is 1.49. The Hall–Kier alpha value is -1.66. The van der Waals surface area contributed by atoms with Crippen molar-refractivity contribution in [3.8, 4) is 0 Å². The molecule has 5 nitrogen and oxygen atoms in total. The van der Waals surface area contributed by atoms with Crippen molar-refractivity contribution in [2.24, 2.45) is 0 Å². The van der Waals surface area contributed by atoms with E-state index in [1.54, 1.807) is 0 Å². The Bertz CT molecular complexity index is 586. The molecule has 3 heterocycles. The van der Waals surface area contributed by atoms with Gasteiger partial charge in [0.15, 0.2) is 0 Å². The van der Waals surface area contributed by atoms with Gasteiger partial charge in [-0.15, -0.1) is 11.3 Å². The van der Waals surface area contributed by atoms with E-state index in [9.17, 15) is 9.59 Å². The maximum Gasteiger partial charge on any atom is 0.278 e. The Labute approximate surface area is 127 Å². The highest BCUT2D eigenvalue weighted by Gasteiger charge is 2.43. The fraction of sp³-hybridized carbons (Fsp3) is 0.467. The summed E-state index contributed by atoms with van der Waals surface area (Å²) in [6.45, 7) is 6.20. The van der Waals surface area contributed by atoms with Crippen LogP contribution in [0.2, 0.25) is 0 Å². The first-order valence-corrected chi connectivity index (χ1v) is 7.98. The molecule has 0 saturated carbocycles. The molecule has 1 aromatic heterocycles. The van der Waals surface area contributed by atoms with Crippen molar-refractivity contribution < 1.29 is 14.3 Å². The standard InChI is InChI=1S/C15H18N2O3S/c1-10(2)17-14(18)12(11-4-3-9-21-11)13(15(17)19)16-5-7-20-8-6-16/h3-4,9-10H,5-8H2,1-2H3. The van der Waals surface area contributed by atoms with Gasteiger partial charge in [-0.05, 0) is 25.3 Å². The number of thiophene rings is 1. The van der Waals surface area contributed by atoms with E-state index in [1.165, 1.54) is 16.2 Å². The molecule has 0 radical (unpaired) electrons. The maximum atomic E-state index is 12.7. The van der Waals surface area contributed by atoms with Gasteiger partial charge in [0.2, 0.25) is 0 Å². The molecule has 2 aliphatic heterocycles. The lowest BCUT2D eigenvalue weighted by Gasteiger charge is -2.30. The number of amides is 2. The van der Waals surface area contributed by atoms with Gasteiger partial charge in [-0.2, -0.15) is 0 Å². The van der Waals surface area contributed by atoms with E-state index in [4.69, 9.17) is 4.74 Å². The summed E-state index contributed by atoms with van der Waals surface area (Å²) in [6.07, 6.45) is 0. The predicted octanol–water partition coefficient (Wildman–Crippen LogP) is 1.57. The highest BCUT2D eigenvalue weighted by Crippen LogP contribution is 2.35. The lowest BCUT2D eigenvalue weighted by atomic mass is 10.1. The number of nitrogens with zero attached hydrogens (tertiary/aromatic N) is 2. The van der Waals surface area contributed by atoms with Gasteiger partial charge in [-0.25, -0.2) is 0 Å². The van der Waals surface area contributed by atoms with Crippen LogP contribution < -0.4 is 0 Å². The molecule has 0 N–H and O–H groups in total. The van der Waals surface area contributed by atoms with Crippen LogP contribution in [-0.4, -0.2) is 54.0 Å². The number of carbonyl (C=O) groups is 2. The molecule has 6 heteroatoms. The van der Waals surface area contributed by atoms with Gasteiger partial charge < -0.3 is 9.64 Å². The monoisotopic (exact) mass is 306 g/mol. The quantitative estimate of drug-likeness (QED) is 0.795. The van der Waals surface area contributed by atoms with E-state index in [-0.39, 0.29) is 17.9 Å². The van der Waals surface area contributed by atoms with Crippen molar-refractivity contribution in [2.45, 2.75) is 19.9 Å². The predicted molar refractivity (Wildman–Crippen MR) is 80.6 cm³/mol. The highest BCUT2D eigenvalue weighted by molar-refractivity contribution is 7.11. The average Bonchev–Trinajstić information content (AvgIpc) is 3.05. The molecular weight excluding hydrogens is 288 g/mol. The van der Waals surface area contributed by atoms with E-state index >= 15 is 0 Å². The van der Waals surface area contributed by atoms with Gasteiger partial charge in [0.25, 0.3) is 11.8 Å². The van der Waals surface area contributed by atoms with Gasteiger partial charge in [0.1, 0.15) is 5.70 Å². The molecule has 112 valence electrons. The Morgan fingerprint density at radius 2 is 1.90 bits per heavy atom. The third-order valence-electron chi connectivity index (χ3n) is 3.70. The first-order chi connectivity index (χ1) is 10.1. The highest BCUT2D eigenvalue weighted by atomic mass is 32.1. The molecule has 0 aromatic carbocycles. The summed E-state index contributed by atoms with van der Waals surface area (Å²) in [4.78, 5) is 29.6. The second-order valence-electron chi connectivity index (χ2n) is 5.37. The second-order valence-corrected chi connectivity index (χ2v) is 6.32. The Kier molecular flexibility index (Phi) is 3.82. The number of carbonyl (C=O) groups excluding carboxylic acids is 2. The number of hydrogen-bond acceptors (Lipinski definition) is 5. The Morgan fingerprint density at radius 3 is 2.48 bits per heavy atom. The number of morpholine rings is 1. The van der Waals surface area contributed by atoms with E-state index in [2.05, 4.69) is 0 Å². The molecule has 0 unspecified atom stereocenters. The summed E-state index contributed by atoms with van der Waals surface area (Å²) in [6, 6.07) is 3.66. The summed E-state index contributed by atoms with van der Waals surface area (Å²) in [5, 5.41) is 1.93. The van der Waals surface area contributed by atoms with E-state index < -0.39 is 0 Å². The number of hydrogen-bond donors (Lipinski definition) is 0. The molecule has 1 saturated heterocycles. The van der Waals surface area contributed by atoms with E-state index in [0.29, 0.717) is 37.6 Å². The zero-order chi connectivity index (χ0) is 15.0. The van der Waals surface area contributed by atoms with Crippen LogP contribution in [0, 0.1) is 0 Å². The molecule has 0 spiro atoms. The molecule has 0 aliphatic carbocycles. The van der Waals surface area contributed by atoms with Crippen LogP contribution in [0.25, 0.3) is 5.57 Å². The van der Waals surface area contributed by atoms with Crippen LogP contribution in [0.4, 0.5) is 0 Å². The lowest BCUT2D eigenvalue weighted by molar-refractivity contribution is -0.139. The number of ether oxygens (including phenoxy) is 1. The fourth-order valence-electron chi connectivity index (χ4n) is 2.73. The summed E-state index contributed by atoms with van der Waals surface area (Å²) in [5.74, 6) is -0.362. The molecular formula is C15H18N2O3S. The van der Waals surface area contributed by atoms with Crippen LogP contribution in [0.15, 0.2) is 23.2 Å². The van der Waals surface area contributed by atoms with Crippen LogP contribution in [0.3, 0.4) is 0 Å². The van der Waals surface area contributed by atoms with Crippen LogP contribution in [0.1, 0.15) is 18.7 Å². The van der Waals surface area contributed by atoms with Crippen molar-refractivity contribution in [3.05, 3.63) is 28.1 Å². The minimum Gasteiger partial charge on any atom is -0.378 e. The van der Waals surface area contributed by atoms with Gasteiger partial charge in [0, 0.05) is 24.0 Å². The Morgan fingerprint density at radius 1 is 1.19 bits per heavy atom. The minimum atomic E-state index is -0.182.